The Hall–Kier alpha value is -2.79. The van der Waals surface area contributed by atoms with Crippen molar-refractivity contribution < 1.29 is 14.3 Å². The lowest BCUT2D eigenvalue weighted by molar-refractivity contribution is 0.0993. The summed E-state index contributed by atoms with van der Waals surface area (Å²) in [5.41, 5.74) is 2.97. The van der Waals surface area contributed by atoms with Gasteiger partial charge in [-0.15, -0.1) is 0 Å². The lowest BCUT2D eigenvalue weighted by atomic mass is 10.1. The summed E-state index contributed by atoms with van der Waals surface area (Å²) in [7, 11) is 5.21. The van der Waals surface area contributed by atoms with Crippen molar-refractivity contribution in [2.75, 3.05) is 27.3 Å². The Bertz CT molecular complexity index is 915. The van der Waals surface area contributed by atoms with E-state index in [-0.39, 0.29) is 5.78 Å². The molecule has 136 valence electrons. The highest BCUT2D eigenvalue weighted by Gasteiger charge is 2.13. The molecule has 0 saturated carbocycles. The number of nitrogens with one attached hydrogen (secondary N) is 1. The Morgan fingerprint density at radius 1 is 1.08 bits per heavy atom. The summed E-state index contributed by atoms with van der Waals surface area (Å²) < 4.78 is 12.6. The van der Waals surface area contributed by atoms with Gasteiger partial charge in [0.25, 0.3) is 0 Å². The van der Waals surface area contributed by atoms with Gasteiger partial charge in [-0.2, -0.15) is 0 Å². The molecule has 3 aromatic rings. The van der Waals surface area contributed by atoms with Crippen LogP contribution in [0.25, 0.3) is 10.9 Å². The predicted octanol–water partition coefficient (Wildman–Crippen LogP) is 3.21. The van der Waals surface area contributed by atoms with Crippen LogP contribution in [0.15, 0.2) is 48.7 Å². The molecule has 0 fully saturated rings. The summed E-state index contributed by atoms with van der Waals surface area (Å²) in [4.78, 5) is 12.6. The van der Waals surface area contributed by atoms with E-state index in [0.29, 0.717) is 13.1 Å². The fourth-order valence-electron chi connectivity index (χ4n) is 3.13. The molecule has 3 rings (SSSR count). The highest BCUT2D eigenvalue weighted by Crippen LogP contribution is 2.27. The van der Waals surface area contributed by atoms with Crippen LogP contribution in [0.4, 0.5) is 0 Å². The molecule has 0 aliphatic carbocycles. The van der Waals surface area contributed by atoms with Crippen LogP contribution in [-0.2, 0) is 13.5 Å². The smallest absolute Gasteiger partial charge is 0.178 e. The first-order valence-electron chi connectivity index (χ1n) is 8.63. The number of hydrogen-bond donors (Lipinski definition) is 1. The lowest BCUT2D eigenvalue weighted by Gasteiger charge is -2.10. The van der Waals surface area contributed by atoms with E-state index in [4.69, 9.17) is 9.47 Å². The van der Waals surface area contributed by atoms with Crippen LogP contribution in [0.5, 0.6) is 11.5 Å². The van der Waals surface area contributed by atoms with E-state index in [0.717, 1.165) is 39.9 Å². The summed E-state index contributed by atoms with van der Waals surface area (Å²) in [6, 6.07) is 13.8. The SMILES string of the molecule is COc1ccc(CCNCC(=O)c2cn(C)c3ccccc23)cc1OC. The summed E-state index contributed by atoms with van der Waals surface area (Å²) in [5.74, 6) is 1.54. The van der Waals surface area contributed by atoms with Gasteiger partial charge < -0.3 is 19.4 Å². The maximum absolute atomic E-state index is 12.6. The van der Waals surface area contributed by atoms with Gasteiger partial charge in [0.2, 0.25) is 0 Å². The average Bonchev–Trinajstić information content (AvgIpc) is 3.02. The number of ether oxygens (including phenoxy) is 2. The highest BCUT2D eigenvalue weighted by atomic mass is 16.5. The molecule has 0 atom stereocenters. The van der Waals surface area contributed by atoms with Gasteiger partial charge in [0.15, 0.2) is 17.3 Å². The average molecular weight is 352 g/mol. The number of carbonyl (C=O) groups excluding carboxylic acids is 1. The number of aromatic nitrogens is 1. The van der Waals surface area contributed by atoms with Gasteiger partial charge in [0, 0.05) is 29.7 Å². The maximum Gasteiger partial charge on any atom is 0.178 e. The number of benzene rings is 2. The van der Waals surface area contributed by atoms with Crippen molar-refractivity contribution in [2.24, 2.45) is 7.05 Å². The zero-order chi connectivity index (χ0) is 18.5. The van der Waals surface area contributed by atoms with Crippen LogP contribution in [0.1, 0.15) is 15.9 Å². The maximum atomic E-state index is 12.6. The number of methoxy groups -OCH3 is 2. The minimum absolute atomic E-state index is 0.106. The number of fused-ring (bicyclic) bond motifs is 1. The molecular weight excluding hydrogens is 328 g/mol. The quantitative estimate of drug-likeness (QED) is 0.500. The number of ketones is 1. The first kappa shape index (κ1) is 18.0. The van der Waals surface area contributed by atoms with E-state index < -0.39 is 0 Å². The van der Waals surface area contributed by atoms with Crippen molar-refractivity contribution in [1.29, 1.82) is 0 Å². The van der Waals surface area contributed by atoms with Gasteiger partial charge in [-0.1, -0.05) is 24.3 Å². The Labute approximate surface area is 153 Å². The first-order chi connectivity index (χ1) is 12.6. The van der Waals surface area contributed by atoms with Crippen molar-refractivity contribution in [3.05, 3.63) is 59.8 Å². The van der Waals surface area contributed by atoms with Crippen molar-refractivity contribution in [1.82, 2.24) is 9.88 Å². The van der Waals surface area contributed by atoms with Crippen molar-refractivity contribution >= 4 is 16.7 Å². The number of hydrogen-bond acceptors (Lipinski definition) is 4. The Balaban J connectivity index is 1.57. The van der Waals surface area contributed by atoms with Crippen LogP contribution in [0, 0.1) is 0 Å². The zero-order valence-electron chi connectivity index (χ0n) is 15.4. The number of Topliss-reactive ketones (excluding diaryl/α,β-unsaturated/α-hetero) is 1. The van der Waals surface area contributed by atoms with Gasteiger partial charge >= 0.3 is 0 Å². The molecule has 2 aromatic carbocycles. The summed E-state index contributed by atoms with van der Waals surface area (Å²) in [6.45, 7) is 1.04. The van der Waals surface area contributed by atoms with Crippen LogP contribution in [0.3, 0.4) is 0 Å². The van der Waals surface area contributed by atoms with Gasteiger partial charge in [0.1, 0.15) is 0 Å². The fourth-order valence-corrected chi connectivity index (χ4v) is 3.13. The third-order valence-corrected chi connectivity index (χ3v) is 4.52. The number of para-hydroxylation sites is 1. The number of aryl methyl sites for hydroxylation is 1. The van der Waals surface area contributed by atoms with E-state index >= 15 is 0 Å². The molecule has 0 unspecified atom stereocenters. The molecule has 0 aliphatic rings. The molecule has 5 nitrogen and oxygen atoms in total. The summed E-state index contributed by atoms with van der Waals surface area (Å²) in [6.07, 6.45) is 2.71. The second kappa shape index (κ2) is 8.06. The van der Waals surface area contributed by atoms with E-state index in [2.05, 4.69) is 5.32 Å². The molecule has 5 heteroatoms. The number of rotatable bonds is 8. The lowest BCUT2D eigenvalue weighted by Crippen LogP contribution is -2.25. The number of nitrogens with zero attached hydrogens (tertiary/aromatic N) is 1. The van der Waals surface area contributed by atoms with Gasteiger partial charge in [-0.25, -0.2) is 0 Å². The first-order valence-corrected chi connectivity index (χ1v) is 8.63. The topological polar surface area (TPSA) is 52.5 Å². The van der Waals surface area contributed by atoms with Crippen LogP contribution in [-0.4, -0.2) is 37.7 Å². The van der Waals surface area contributed by atoms with Crippen molar-refractivity contribution in [2.45, 2.75) is 6.42 Å². The van der Waals surface area contributed by atoms with E-state index in [1.165, 1.54) is 0 Å². The van der Waals surface area contributed by atoms with Gasteiger partial charge in [-0.05, 0) is 36.7 Å². The monoisotopic (exact) mass is 352 g/mol. The molecular formula is C21H24N2O3. The Kier molecular flexibility index (Phi) is 5.58. The predicted molar refractivity (Wildman–Crippen MR) is 103 cm³/mol. The van der Waals surface area contributed by atoms with Gasteiger partial charge in [-0.3, -0.25) is 4.79 Å². The van der Waals surface area contributed by atoms with Crippen LogP contribution >= 0.6 is 0 Å². The molecule has 0 amide bonds. The zero-order valence-corrected chi connectivity index (χ0v) is 15.4. The summed E-state index contributed by atoms with van der Waals surface area (Å²) >= 11 is 0. The van der Waals surface area contributed by atoms with Crippen LogP contribution in [0.2, 0.25) is 0 Å². The molecule has 0 radical (unpaired) electrons. The van der Waals surface area contributed by atoms with Crippen molar-refractivity contribution in [3.8, 4) is 11.5 Å². The Morgan fingerprint density at radius 2 is 1.85 bits per heavy atom. The molecule has 1 N–H and O–H groups in total. The standard InChI is InChI=1S/C21H24N2O3/c1-23-14-17(16-6-4-5-7-18(16)23)19(24)13-22-11-10-15-8-9-20(25-2)21(12-15)26-3/h4-9,12,14,22H,10-11,13H2,1-3H3. The van der Waals surface area contributed by atoms with Crippen LogP contribution < -0.4 is 14.8 Å². The third kappa shape index (κ3) is 3.73. The normalized spacial score (nSPS) is 10.9. The van der Waals surface area contributed by atoms with E-state index in [9.17, 15) is 4.79 Å². The minimum Gasteiger partial charge on any atom is -0.493 e. The second-order valence-corrected chi connectivity index (χ2v) is 6.21. The molecule has 26 heavy (non-hydrogen) atoms. The molecule has 1 aromatic heterocycles. The van der Waals surface area contributed by atoms with Gasteiger partial charge in [0.05, 0.1) is 20.8 Å². The highest BCUT2D eigenvalue weighted by molar-refractivity contribution is 6.09. The summed E-state index contributed by atoms with van der Waals surface area (Å²) in [5, 5.41) is 4.24. The molecule has 0 saturated heterocycles. The largest absolute Gasteiger partial charge is 0.493 e. The van der Waals surface area contributed by atoms with E-state index in [1.54, 1.807) is 14.2 Å². The second-order valence-electron chi connectivity index (χ2n) is 6.21. The Morgan fingerprint density at radius 3 is 2.62 bits per heavy atom. The molecule has 0 spiro atoms. The van der Waals surface area contributed by atoms with Crippen molar-refractivity contribution in [3.63, 3.8) is 0 Å². The third-order valence-electron chi connectivity index (χ3n) is 4.52. The molecule has 1 heterocycles. The van der Waals surface area contributed by atoms with E-state index in [1.807, 2.05) is 60.3 Å². The molecule has 0 aliphatic heterocycles. The molecule has 0 bridgehead atoms. The number of carbonyl (C=O) groups is 1. The fraction of sp³-hybridized carbons (Fsp3) is 0.286. The minimum atomic E-state index is 0.106.